The Labute approximate surface area is 73.6 Å². The van der Waals surface area contributed by atoms with E-state index in [0.717, 1.165) is 6.04 Å². The van der Waals surface area contributed by atoms with Gasteiger partial charge in [0, 0.05) is 13.1 Å². The van der Waals surface area contributed by atoms with Gasteiger partial charge in [0.25, 0.3) is 0 Å². The van der Waals surface area contributed by atoms with E-state index in [2.05, 4.69) is 11.9 Å². The van der Waals surface area contributed by atoms with Crippen LogP contribution in [0.25, 0.3) is 0 Å². The topological polar surface area (TPSA) is 3.24 Å². The summed E-state index contributed by atoms with van der Waals surface area (Å²) in [6.45, 7) is 1.47. The molecule has 0 spiro atoms. The maximum absolute atomic E-state index is 12.2. The lowest BCUT2D eigenvalue weighted by Crippen LogP contribution is -2.12. The Morgan fingerprint density at radius 1 is 1.58 bits per heavy atom. The van der Waals surface area contributed by atoms with Crippen molar-refractivity contribution in [2.45, 2.75) is 32.2 Å². The van der Waals surface area contributed by atoms with E-state index in [4.69, 9.17) is 0 Å². The van der Waals surface area contributed by atoms with Gasteiger partial charge in [0.15, 0.2) is 0 Å². The van der Waals surface area contributed by atoms with Gasteiger partial charge in [-0.3, -0.25) is 0 Å². The molecule has 68 valence electrons. The molecular formula is C10H16FN. The molecule has 1 aliphatic carbocycles. The molecule has 0 saturated heterocycles. The molecule has 0 unspecified atom stereocenters. The van der Waals surface area contributed by atoms with Gasteiger partial charge >= 0.3 is 0 Å². The number of hydrogen-bond acceptors (Lipinski definition) is 1. The van der Waals surface area contributed by atoms with E-state index in [1.165, 1.54) is 19.8 Å². The van der Waals surface area contributed by atoms with Crippen molar-refractivity contribution in [1.82, 2.24) is 4.90 Å². The van der Waals surface area contributed by atoms with Crippen molar-refractivity contribution < 1.29 is 4.39 Å². The van der Waals surface area contributed by atoms with Crippen LogP contribution < -0.4 is 0 Å². The van der Waals surface area contributed by atoms with Gasteiger partial charge in [-0.15, -0.1) is 0 Å². The van der Waals surface area contributed by atoms with Crippen molar-refractivity contribution in [3.05, 3.63) is 24.2 Å². The summed E-state index contributed by atoms with van der Waals surface area (Å²) >= 11 is 0. The molecule has 0 heterocycles. The SMILES string of the molecule is CC(F)=CCC=CN(C)C1CC1. The first kappa shape index (κ1) is 9.30. The van der Waals surface area contributed by atoms with Gasteiger partial charge in [0.05, 0.1) is 5.83 Å². The summed E-state index contributed by atoms with van der Waals surface area (Å²) in [4.78, 5) is 2.20. The second kappa shape index (κ2) is 4.29. The Morgan fingerprint density at radius 3 is 2.75 bits per heavy atom. The Bertz CT molecular complexity index is 188. The monoisotopic (exact) mass is 169 g/mol. The average molecular weight is 169 g/mol. The van der Waals surface area contributed by atoms with Crippen LogP contribution in [0.1, 0.15) is 26.2 Å². The molecule has 0 bridgehead atoms. The van der Waals surface area contributed by atoms with Gasteiger partial charge in [-0.05, 0) is 38.5 Å². The zero-order valence-electron chi connectivity index (χ0n) is 7.76. The van der Waals surface area contributed by atoms with E-state index in [1.807, 2.05) is 12.3 Å². The minimum Gasteiger partial charge on any atom is -0.378 e. The molecule has 1 nitrogen and oxygen atoms in total. The van der Waals surface area contributed by atoms with E-state index >= 15 is 0 Å². The summed E-state index contributed by atoms with van der Waals surface area (Å²) in [5.41, 5.74) is 0. The Balaban J connectivity index is 2.16. The number of allylic oxidation sites excluding steroid dienone is 3. The van der Waals surface area contributed by atoms with Crippen LogP contribution in [0.2, 0.25) is 0 Å². The predicted molar refractivity (Wildman–Crippen MR) is 49.4 cm³/mol. The van der Waals surface area contributed by atoms with Crippen molar-refractivity contribution in [2.75, 3.05) is 7.05 Å². The Kier molecular flexibility index (Phi) is 3.32. The van der Waals surface area contributed by atoms with Crippen molar-refractivity contribution in [3.8, 4) is 0 Å². The molecule has 0 aromatic carbocycles. The van der Waals surface area contributed by atoms with E-state index in [1.54, 1.807) is 6.08 Å². The Morgan fingerprint density at radius 2 is 2.25 bits per heavy atom. The maximum Gasteiger partial charge on any atom is 0.0932 e. The molecule has 0 aromatic heterocycles. The van der Waals surface area contributed by atoms with Gasteiger partial charge in [-0.2, -0.15) is 0 Å². The number of hydrogen-bond donors (Lipinski definition) is 0. The highest BCUT2D eigenvalue weighted by Crippen LogP contribution is 2.25. The van der Waals surface area contributed by atoms with E-state index < -0.39 is 0 Å². The molecule has 0 aliphatic heterocycles. The molecule has 2 heteroatoms. The molecule has 0 aromatic rings. The third kappa shape index (κ3) is 3.56. The normalized spacial score (nSPS) is 18.8. The molecule has 0 atom stereocenters. The minimum absolute atomic E-state index is 0.103. The predicted octanol–water partition coefficient (Wildman–Crippen LogP) is 2.86. The smallest absolute Gasteiger partial charge is 0.0932 e. The number of nitrogens with zero attached hydrogens (tertiary/aromatic N) is 1. The number of rotatable bonds is 4. The first-order chi connectivity index (χ1) is 5.70. The second-order valence-electron chi connectivity index (χ2n) is 3.31. The highest BCUT2D eigenvalue weighted by atomic mass is 19.1. The van der Waals surface area contributed by atoms with Gasteiger partial charge in [-0.25, -0.2) is 4.39 Å². The standard InChI is InChI=1S/C10H16FN/c1-9(11)5-3-4-8-12(2)10-6-7-10/h4-5,8,10H,3,6-7H2,1-2H3. The van der Waals surface area contributed by atoms with Gasteiger partial charge in [0.2, 0.25) is 0 Å². The lowest BCUT2D eigenvalue weighted by Gasteiger charge is -2.10. The van der Waals surface area contributed by atoms with E-state index in [0.29, 0.717) is 6.42 Å². The van der Waals surface area contributed by atoms with Crippen LogP contribution in [-0.2, 0) is 0 Å². The summed E-state index contributed by atoms with van der Waals surface area (Å²) in [6.07, 6.45) is 8.91. The first-order valence-electron chi connectivity index (χ1n) is 4.41. The van der Waals surface area contributed by atoms with Gasteiger partial charge in [-0.1, -0.05) is 6.08 Å². The lowest BCUT2D eigenvalue weighted by atomic mass is 10.3. The molecule has 0 amide bonds. The van der Waals surface area contributed by atoms with Gasteiger partial charge < -0.3 is 4.90 Å². The first-order valence-corrected chi connectivity index (χ1v) is 4.41. The molecule has 1 fully saturated rings. The van der Waals surface area contributed by atoms with Crippen LogP contribution in [0.3, 0.4) is 0 Å². The summed E-state index contributed by atoms with van der Waals surface area (Å²) in [5.74, 6) is -0.103. The van der Waals surface area contributed by atoms with Crippen LogP contribution in [0.15, 0.2) is 24.2 Å². The van der Waals surface area contributed by atoms with Crippen molar-refractivity contribution in [2.24, 2.45) is 0 Å². The van der Waals surface area contributed by atoms with E-state index in [-0.39, 0.29) is 5.83 Å². The molecular weight excluding hydrogens is 153 g/mol. The fourth-order valence-corrected chi connectivity index (χ4v) is 1.06. The minimum atomic E-state index is -0.103. The average Bonchev–Trinajstić information content (AvgIpc) is 2.79. The largest absolute Gasteiger partial charge is 0.378 e. The van der Waals surface area contributed by atoms with Crippen LogP contribution in [-0.4, -0.2) is 18.0 Å². The third-order valence-electron chi connectivity index (χ3n) is 2.00. The maximum atomic E-state index is 12.2. The summed E-state index contributed by atoms with van der Waals surface area (Å²) < 4.78 is 12.2. The molecule has 0 radical (unpaired) electrons. The van der Waals surface area contributed by atoms with Gasteiger partial charge in [0.1, 0.15) is 0 Å². The lowest BCUT2D eigenvalue weighted by molar-refractivity contribution is 0.445. The second-order valence-corrected chi connectivity index (χ2v) is 3.31. The van der Waals surface area contributed by atoms with Crippen LogP contribution in [0.5, 0.6) is 0 Å². The molecule has 1 aliphatic rings. The molecule has 1 saturated carbocycles. The zero-order valence-corrected chi connectivity index (χ0v) is 7.76. The van der Waals surface area contributed by atoms with Crippen molar-refractivity contribution >= 4 is 0 Å². The fourth-order valence-electron chi connectivity index (χ4n) is 1.06. The van der Waals surface area contributed by atoms with E-state index in [9.17, 15) is 4.39 Å². The van der Waals surface area contributed by atoms with Crippen LogP contribution in [0.4, 0.5) is 4.39 Å². The zero-order chi connectivity index (χ0) is 8.97. The fraction of sp³-hybridized carbons (Fsp3) is 0.600. The summed E-state index contributed by atoms with van der Waals surface area (Å²) in [7, 11) is 2.07. The Hall–Kier alpha value is -0.790. The van der Waals surface area contributed by atoms with Crippen molar-refractivity contribution in [1.29, 1.82) is 0 Å². The highest BCUT2D eigenvalue weighted by molar-refractivity contribution is 4.97. The van der Waals surface area contributed by atoms with Crippen LogP contribution in [0, 0.1) is 0 Å². The third-order valence-corrected chi connectivity index (χ3v) is 2.00. The summed E-state index contributed by atoms with van der Waals surface area (Å²) in [5, 5.41) is 0. The molecule has 0 N–H and O–H groups in total. The molecule has 12 heavy (non-hydrogen) atoms. The van der Waals surface area contributed by atoms with Crippen LogP contribution >= 0.6 is 0 Å². The quantitative estimate of drug-likeness (QED) is 0.625. The highest BCUT2D eigenvalue weighted by Gasteiger charge is 2.23. The number of halogens is 1. The molecule has 1 rings (SSSR count). The summed E-state index contributed by atoms with van der Waals surface area (Å²) in [6, 6.07) is 0.747. The van der Waals surface area contributed by atoms with Crippen molar-refractivity contribution in [3.63, 3.8) is 0 Å².